The number of rotatable bonds is 3. The molecule has 192 valence electrons. The largest absolute Gasteiger partial charge is 0.506 e. The van der Waals surface area contributed by atoms with Gasteiger partial charge >= 0.3 is 0 Å². The molecule has 0 saturated carbocycles. The first kappa shape index (κ1) is 26.2. The molecule has 5 aromatic rings. The van der Waals surface area contributed by atoms with Gasteiger partial charge in [0.2, 0.25) is 5.90 Å². The van der Waals surface area contributed by atoms with Gasteiger partial charge in [0.05, 0.1) is 28.3 Å². The summed E-state index contributed by atoms with van der Waals surface area (Å²) < 4.78 is 7.92. The molecule has 0 atom stereocenters. The smallest absolute Gasteiger partial charge is 0.226 e. The number of amidine groups is 1. The predicted molar refractivity (Wildman–Crippen MR) is 162 cm³/mol. The van der Waals surface area contributed by atoms with Crippen LogP contribution in [0.1, 0.15) is 37.5 Å². The lowest BCUT2D eigenvalue weighted by Crippen LogP contribution is -2.15. The van der Waals surface area contributed by atoms with E-state index < -0.39 is 0 Å². The van der Waals surface area contributed by atoms with E-state index in [9.17, 15) is 5.11 Å². The number of nitrogens with one attached hydrogen (secondary N) is 1. The quantitative estimate of drug-likeness (QED) is 0.170. The molecular formula is C31H26Cl2N2O2S. The average molecular weight is 562 g/mol. The molecule has 7 heteroatoms. The fourth-order valence-corrected chi connectivity index (χ4v) is 6.30. The lowest BCUT2D eigenvalue weighted by atomic mass is 9.83. The van der Waals surface area contributed by atoms with Crippen molar-refractivity contribution in [3.8, 4) is 16.9 Å². The molecule has 0 aliphatic heterocycles. The summed E-state index contributed by atoms with van der Waals surface area (Å²) in [4.78, 5) is 4.42. The number of nitrogens with zero attached hydrogens (tertiary/aromatic N) is 1. The van der Waals surface area contributed by atoms with Crippen LogP contribution in [0.3, 0.4) is 0 Å². The molecule has 5 rings (SSSR count). The third kappa shape index (κ3) is 4.66. The van der Waals surface area contributed by atoms with Gasteiger partial charge < -0.3 is 9.84 Å². The molecule has 1 aromatic heterocycles. The van der Waals surface area contributed by atoms with Crippen LogP contribution in [0.4, 0.5) is 0 Å². The molecule has 4 aromatic carbocycles. The number of aliphatic imine (C=N–C) groups is 1. The molecule has 0 unspecified atom stereocenters. The van der Waals surface area contributed by atoms with Crippen LogP contribution < -0.4 is 0 Å². The normalized spacial score (nSPS) is 12.3. The summed E-state index contributed by atoms with van der Waals surface area (Å²) in [5, 5.41) is 23.2. The standard InChI is InChI=1S/C31H26Cl2N2O2S/c1-31(2,3)17-15-21(20-11-7-10-19-18-9-5-6-14-25(18)38-28(19)20)27(36)22(16-17)30(37-4)35-29(34)26-23(32)12-8-13-24(26)33/h5-16,34,36H,1-4H3/b34-29?,35-30-. The SMILES string of the molecule is CO/C(=N\C(=N)c1c(Cl)cccc1Cl)c1cc(C(C)(C)C)cc(-c2cccc3c2sc2ccccc23)c1O. The predicted octanol–water partition coefficient (Wildman–Crippen LogP) is 9.45. The van der Waals surface area contributed by atoms with Crippen molar-refractivity contribution in [3.63, 3.8) is 0 Å². The van der Waals surface area contributed by atoms with E-state index in [1.165, 1.54) is 17.2 Å². The van der Waals surface area contributed by atoms with E-state index in [4.69, 9.17) is 33.3 Å². The molecule has 0 fully saturated rings. The van der Waals surface area contributed by atoms with E-state index in [-0.39, 0.29) is 22.9 Å². The summed E-state index contributed by atoms with van der Waals surface area (Å²) >= 11 is 14.3. The first-order valence-electron chi connectivity index (χ1n) is 12.0. The van der Waals surface area contributed by atoms with Crippen LogP contribution in [0.2, 0.25) is 10.0 Å². The Morgan fingerprint density at radius 1 is 0.895 bits per heavy atom. The zero-order valence-electron chi connectivity index (χ0n) is 21.4. The van der Waals surface area contributed by atoms with Gasteiger partial charge in [-0.15, -0.1) is 11.3 Å². The van der Waals surface area contributed by atoms with Gasteiger partial charge in [0.25, 0.3) is 0 Å². The van der Waals surface area contributed by atoms with Crippen LogP contribution in [0.25, 0.3) is 31.3 Å². The number of thiophene rings is 1. The molecule has 4 nitrogen and oxygen atoms in total. The molecule has 0 aliphatic rings. The van der Waals surface area contributed by atoms with Crippen molar-refractivity contribution in [2.45, 2.75) is 26.2 Å². The van der Waals surface area contributed by atoms with Gasteiger partial charge in [0.15, 0.2) is 5.84 Å². The van der Waals surface area contributed by atoms with Gasteiger partial charge in [-0.05, 0) is 41.3 Å². The molecule has 0 aliphatic carbocycles. The number of phenols is 1. The van der Waals surface area contributed by atoms with E-state index in [2.05, 4.69) is 44.0 Å². The molecule has 0 saturated heterocycles. The minimum absolute atomic E-state index is 0.0293. The van der Waals surface area contributed by atoms with Gasteiger partial charge in [-0.25, -0.2) is 0 Å². The van der Waals surface area contributed by atoms with E-state index >= 15 is 0 Å². The Labute approximate surface area is 235 Å². The first-order valence-corrected chi connectivity index (χ1v) is 13.6. The minimum atomic E-state index is -0.232. The average Bonchev–Trinajstić information content (AvgIpc) is 3.26. The highest BCUT2D eigenvalue weighted by atomic mass is 35.5. The van der Waals surface area contributed by atoms with Crippen LogP contribution in [0.15, 0.2) is 77.8 Å². The van der Waals surface area contributed by atoms with Crippen LogP contribution in [0, 0.1) is 5.41 Å². The van der Waals surface area contributed by atoms with Crippen LogP contribution in [-0.4, -0.2) is 23.9 Å². The van der Waals surface area contributed by atoms with Crippen LogP contribution in [0.5, 0.6) is 5.75 Å². The molecular weight excluding hydrogens is 535 g/mol. The van der Waals surface area contributed by atoms with E-state index in [0.29, 0.717) is 26.7 Å². The van der Waals surface area contributed by atoms with Crippen molar-refractivity contribution >= 4 is 66.4 Å². The van der Waals surface area contributed by atoms with Gasteiger partial charge in [0, 0.05) is 31.3 Å². The number of hydrogen-bond donors (Lipinski definition) is 2. The number of methoxy groups -OCH3 is 1. The molecule has 1 heterocycles. The molecule has 0 bridgehead atoms. The number of benzene rings is 4. The highest BCUT2D eigenvalue weighted by Gasteiger charge is 2.24. The second-order valence-electron chi connectivity index (χ2n) is 10.0. The highest BCUT2D eigenvalue weighted by molar-refractivity contribution is 7.26. The van der Waals surface area contributed by atoms with Crippen molar-refractivity contribution in [1.29, 1.82) is 5.41 Å². The number of phenolic OH excluding ortho intramolecular Hbond substituents is 1. The van der Waals surface area contributed by atoms with Gasteiger partial charge in [0.1, 0.15) is 5.75 Å². The Morgan fingerprint density at radius 3 is 2.24 bits per heavy atom. The highest BCUT2D eigenvalue weighted by Crippen LogP contribution is 2.44. The fraction of sp³-hybridized carbons (Fsp3) is 0.161. The van der Waals surface area contributed by atoms with E-state index in [1.807, 2.05) is 36.4 Å². The summed E-state index contributed by atoms with van der Waals surface area (Å²) in [6.07, 6.45) is 0. The summed E-state index contributed by atoms with van der Waals surface area (Å²) in [6, 6.07) is 23.4. The van der Waals surface area contributed by atoms with Gasteiger partial charge in [-0.2, -0.15) is 4.99 Å². The lowest BCUT2D eigenvalue weighted by Gasteiger charge is -2.23. The lowest BCUT2D eigenvalue weighted by molar-refractivity contribution is 0.400. The van der Waals surface area contributed by atoms with Crippen molar-refractivity contribution in [2.75, 3.05) is 7.11 Å². The van der Waals surface area contributed by atoms with Crippen LogP contribution in [-0.2, 0) is 10.2 Å². The zero-order chi connectivity index (χ0) is 27.2. The Kier molecular flexibility index (Phi) is 6.95. The molecule has 0 spiro atoms. The van der Waals surface area contributed by atoms with Crippen molar-refractivity contribution in [3.05, 3.63) is 99.5 Å². The van der Waals surface area contributed by atoms with Crippen molar-refractivity contribution in [1.82, 2.24) is 0 Å². The second-order valence-corrected chi connectivity index (χ2v) is 11.9. The molecule has 38 heavy (non-hydrogen) atoms. The third-order valence-electron chi connectivity index (χ3n) is 6.51. The monoisotopic (exact) mass is 560 g/mol. The number of fused-ring (bicyclic) bond motifs is 3. The Bertz CT molecular complexity index is 1730. The number of aromatic hydroxyl groups is 1. The first-order chi connectivity index (χ1) is 18.1. The zero-order valence-corrected chi connectivity index (χ0v) is 23.7. The summed E-state index contributed by atoms with van der Waals surface area (Å²) in [7, 11) is 1.47. The van der Waals surface area contributed by atoms with Gasteiger partial charge in [-0.1, -0.05) is 86.4 Å². The van der Waals surface area contributed by atoms with E-state index in [1.54, 1.807) is 29.5 Å². The maximum Gasteiger partial charge on any atom is 0.226 e. The summed E-state index contributed by atoms with van der Waals surface area (Å²) in [5.41, 5.74) is 3.05. The molecule has 0 radical (unpaired) electrons. The van der Waals surface area contributed by atoms with Crippen molar-refractivity contribution < 1.29 is 9.84 Å². The topological polar surface area (TPSA) is 65.7 Å². The molecule has 2 N–H and O–H groups in total. The number of hydrogen-bond acceptors (Lipinski definition) is 4. The van der Waals surface area contributed by atoms with Crippen molar-refractivity contribution in [2.24, 2.45) is 4.99 Å². The Balaban J connectivity index is 1.75. The number of ether oxygens (including phenoxy) is 1. The Hall–Kier alpha value is -3.38. The van der Waals surface area contributed by atoms with Gasteiger partial charge in [-0.3, -0.25) is 5.41 Å². The minimum Gasteiger partial charge on any atom is -0.506 e. The second kappa shape index (κ2) is 10.1. The maximum absolute atomic E-state index is 11.7. The van der Waals surface area contributed by atoms with E-state index in [0.717, 1.165) is 21.2 Å². The maximum atomic E-state index is 11.7. The third-order valence-corrected chi connectivity index (χ3v) is 8.36. The summed E-state index contributed by atoms with van der Waals surface area (Å²) in [5.74, 6) is -0.0351. The fourth-order valence-electron chi connectivity index (χ4n) is 4.49. The molecule has 0 amide bonds. The van der Waals surface area contributed by atoms with Crippen LogP contribution >= 0.6 is 34.5 Å². The number of halogens is 2. The Morgan fingerprint density at radius 2 is 1.55 bits per heavy atom. The summed E-state index contributed by atoms with van der Waals surface area (Å²) in [6.45, 7) is 6.34.